The minimum atomic E-state index is 0.576. The fraction of sp³-hybridized carbons (Fsp3) is 0.800. The van der Waals surface area contributed by atoms with Crippen molar-refractivity contribution in [1.82, 2.24) is 0 Å². The van der Waals surface area contributed by atoms with Crippen molar-refractivity contribution < 1.29 is 9.84 Å². The number of aliphatic hydroxyl groups excluding tert-OH is 1. The van der Waals surface area contributed by atoms with E-state index in [4.69, 9.17) is 5.11 Å². The van der Waals surface area contributed by atoms with Gasteiger partial charge in [0.2, 0.25) is 0 Å². The molecule has 0 spiro atoms. The Bertz CT molecular complexity index is 25.3. The molecular formula is C5H10O2. The Labute approximate surface area is 44.1 Å². The number of hydrogen-bond donors (Lipinski definition) is 1. The van der Waals surface area contributed by atoms with Crippen LogP contribution in [0.25, 0.3) is 0 Å². The molecule has 0 saturated carbocycles. The van der Waals surface area contributed by atoms with E-state index in [0.717, 1.165) is 12.8 Å². The van der Waals surface area contributed by atoms with E-state index >= 15 is 0 Å². The van der Waals surface area contributed by atoms with E-state index in [-0.39, 0.29) is 0 Å². The van der Waals surface area contributed by atoms with Crippen LogP contribution in [0.5, 0.6) is 0 Å². The van der Waals surface area contributed by atoms with Crippen LogP contribution in [0.3, 0.4) is 0 Å². The summed E-state index contributed by atoms with van der Waals surface area (Å²) < 4.78 is 4.38. The van der Waals surface area contributed by atoms with Crippen LogP contribution < -0.4 is 0 Å². The molecular weight excluding hydrogens is 92.1 g/mol. The fourth-order valence-electron chi connectivity index (χ4n) is 0.262. The molecule has 42 valence electrons. The molecule has 2 radical (unpaired) electrons. The van der Waals surface area contributed by atoms with E-state index in [1.165, 1.54) is 0 Å². The van der Waals surface area contributed by atoms with Crippen LogP contribution in [0.2, 0.25) is 0 Å². The standard InChI is InChI=1S/C5H10O2/c1-2-3-4-7-5-6/h6H,2-4H2,1H3. The lowest BCUT2D eigenvalue weighted by molar-refractivity contribution is 0.0765. The summed E-state index contributed by atoms with van der Waals surface area (Å²) in [6, 6.07) is 0. The van der Waals surface area contributed by atoms with Gasteiger partial charge in [0.1, 0.15) is 0 Å². The van der Waals surface area contributed by atoms with E-state index in [1.807, 2.05) is 0 Å². The molecule has 0 aliphatic heterocycles. The molecule has 0 bridgehead atoms. The second kappa shape index (κ2) is 5.92. The zero-order valence-electron chi connectivity index (χ0n) is 4.48. The molecule has 0 saturated heterocycles. The van der Waals surface area contributed by atoms with Gasteiger partial charge in [0, 0.05) is 0 Å². The van der Waals surface area contributed by atoms with Crippen molar-refractivity contribution in [3.8, 4) is 0 Å². The third-order valence-corrected chi connectivity index (χ3v) is 0.665. The highest BCUT2D eigenvalue weighted by atomic mass is 16.6. The quantitative estimate of drug-likeness (QED) is 0.540. The molecule has 0 atom stereocenters. The summed E-state index contributed by atoms with van der Waals surface area (Å²) in [6.07, 6.45) is 2.06. The maximum Gasteiger partial charge on any atom is 0.289 e. The Balaban J connectivity index is 2.45. The van der Waals surface area contributed by atoms with Gasteiger partial charge < -0.3 is 9.84 Å². The second-order valence-corrected chi connectivity index (χ2v) is 1.29. The van der Waals surface area contributed by atoms with Gasteiger partial charge in [0.25, 0.3) is 6.79 Å². The molecule has 0 aliphatic carbocycles. The molecule has 2 nitrogen and oxygen atoms in total. The van der Waals surface area contributed by atoms with Crippen LogP contribution in [0, 0.1) is 6.79 Å². The summed E-state index contributed by atoms with van der Waals surface area (Å²) in [4.78, 5) is 0. The summed E-state index contributed by atoms with van der Waals surface area (Å²) >= 11 is 0. The molecule has 0 aromatic rings. The lowest BCUT2D eigenvalue weighted by Crippen LogP contribution is -1.88. The summed E-state index contributed by atoms with van der Waals surface area (Å²) in [6.45, 7) is 4.24. The predicted octanol–water partition coefficient (Wildman–Crippen LogP) is 1.17. The summed E-state index contributed by atoms with van der Waals surface area (Å²) in [7, 11) is 0. The fourth-order valence-corrected chi connectivity index (χ4v) is 0.262. The molecule has 1 N–H and O–H groups in total. The molecule has 0 fully saturated rings. The maximum atomic E-state index is 7.82. The largest absolute Gasteiger partial charge is 0.357 e. The number of rotatable bonds is 4. The first-order valence-corrected chi connectivity index (χ1v) is 2.42. The monoisotopic (exact) mass is 102 g/mol. The van der Waals surface area contributed by atoms with Crippen molar-refractivity contribution in [2.75, 3.05) is 6.61 Å². The van der Waals surface area contributed by atoms with Crippen molar-refractivity contribution in [2.24, 2.45) is 0 Å². The summed E-state index contributed by atoms with van der Waals surface area (Å²) in [5.74, 6) is 0. The maximum absolute atomic E-state index is 7.82. The van der Waals surface area contributed by atoms with Gasteiger partial charge in [-0.15, -0.1) is 0 Å². The molecule has 7 heavy (non-hydrogen) atoms. The highest BCUT2D eigenvalue weighted by molar-refractivity contribution is 4.30. The number of hydrogen-bond acceptors (Lipinski definition) is 2. The Hall–Kier alpha value is -0.0800. The van der Waals surface area contributed by atoms with Crippen molar-refractivity contribution >= 4 is 0 Å². The Morgan fingerprint density at radius 3 is 2.86 bits per heavy atom. The van der Waals surface area contributed by atoms with E-state index in [2.05, 4.69) is 11.7 Å². The van der Waals surface area contributed by atoms with Gasteiger partial charge in [-0.1, -0.05) is 13.3 Å². The molecule has 0 aromatic heterocycles. The minimum absolute atomic E-state index is 0.576. The van der Waals surface area contributed by atoms with Crippen LogP contribution in [-0.2, 0) is 4.74 Å². The van der Waals surface area contributed by atoms with Gasteiger partial charge in [-0.05, 0) is 6.42 Å². The third kappa shape index (κ3) is 5.92. The lowest BCUT2D eigenvalue weighted by Gasteiger charge is -1.91. The van der Waals surface area contributed by atoms with Gasteiger partial charge in [-0.2, -0.15) is 0 Å². The van der Waals surface area contributed by atoms with Crippen molar-refractivity contribution in [2.45, 2.75) is 19.8 Å². The minimum Gasteiger partial charge on any atom is -0.357 e. The highest BCUT2D eigenvalue weighted by Gasteiger charge is 1.81. The Morgan fingerprint density at radius 2 is 2.43 bits per heavy atom. The van der Waals surface area contributed by atoms with E-state index in [0.29, 0.717) is 6.61 Å². The highest BCUT2D eigenvalue weighted by Crippen LogP contribution is 1.86. The number of aliphatic hydroxyl groups is 1. The Kier molecular flexibility index (Phi) is 5.85. The average molecular weight is 102 g/mol. The van der Waals surface area contributed by atoms with Gasteiger partial charge in [0.15, 0.2) is 0 Å². The third-order valence-electron chi connectivity index (χ3n) is 0.665. The normalized spacial score (nSPS) is 9.43. The average Bonchev–Trinajstić information content (AvgIpc) is 1.69. The first-order valence-electron chi connectivity index (χ1n) is 2.42. The van der Waals surface area contributed by atoms with Crippen molar-refractivity contribution in [3.05, 3.63) is 6.79 Å². The Morgan fingerprint density at radius 1 is 1.71 bits per heavy atom. The zero-order chi connectivity index (χ0) is 5.54. The van der Waals surface area contributed by atoms with E-state index in [1.54, 1.807) is 6.79 Å². The van der Waals surface area contributed by atoms with Gasteiger partial charge in [-0.3, -0.25) is 0 Å². The lowest BCUT2D eigenvalue weighted by atomic mass is 10.4. The number of unbranched alkanes of at least 4 members (excludes halogenated alkanes) is 1. The summed E-state index contributed by atoms with van der Waals surface area (Å²) in [5.41, 5.74) is 0. The van der Waals surface area contributed by atoms with Crippen LogP contribution in [-0.4, -0.2) is 11.7 Å². The van der Waals surface area contributed by atoms with E-state index in [9.17, 15) is 0 Å². The van der Waals surface area contributed by atoms with Crippen molar-refractivity contribution in [3.63, 3.8) is 0 Å². The molecule has 2 heteroatoms. The SMILES string of the molecule is CCCCO[C]O. The predicted molar refractivity (Wildman–Crippen MR) is 26.0 cm³/mol. The molecule has 0 heterocycles. The first kappa shape index (κ1) is 6.92. The van der Waals surface area contributed by atoms with Crippen molar-refractivity contribution in [1.29, 1.82) is 0 Å². The second-order valence-electron chi connectivity index (χ2n) is 1.29. The molecule has 0 rings (SSSR count). The van der Waals surface area contributed by atoms with Crippen LogP contribution in [0.15, 0.2) is 0 Å². The smallest absolute Gasteiger partial charge is 0.289 e. The van der Waals surface area contributed by atoms with Crippen LogP contribution >= 0.6 is 0 Å². The van der Waals surface area contributed by atoms with E-state index < -0.39 is 0 Å². The summed E-state index contributed by atoms with van der Waals surface area (Å²) in [5, 5.41) is 7.82. The van der Waals surface area contributed by atoms with Crippen LogP contribution in [0.1, 0.15) is 19.8 Å². The van der Waals surface area contributed by atoms with Gasteiger partial charge in [0.05, 0.1) is 6.61 Å². The van der Waals surface area contributed by atoms with Crippen LogP contribution in [0.4, 0.5) is 0 Å². The first-order chi connectivity index (χ1) is 3.41. The molecule has 0 unspecified atom stereocenters. The molecule has 0 amide bonds. The number of ether oxygens (including phenoxy) is 1. The zero-order valence-corrected chi connectivity index (χ0v) is 4.48. The van der Waals surface area contributed by atoms with Gasteiger partial charge >= 0.3 is 0 Å². The van der Waals surface area contributed by atoms with Gasteiger partial charge in [-0.25, -0.2) is 0 Å². The molecule has 0 aromatic carbocycles. The topological polar surface area (TPSA) is 29.5 Å². The molecule has 0 aliphatic rings.